The molecule has 0 rings (SSSR count). The summed E-state index contributed by atoms with van der Waals surface area (Å²) in [5.74, 6) is 0. The topological polar surface area (TPSA) is 0 Å². The van der Waals surface area contributed by atoms with Crippen LogP contribution in [0.2, 0.25) is 0 Å². The van der Waals surface area contributed by atoms with Crippen LogP contribution in [0.1, 0.15) is 136 Å². The van der Waals surface area contributed by atoms with Gasteiger partial charge in [-0.25, -0.2) is 0 Å². The molecule has 0 amide bonds. The Morgan fingerprint density at radius 2 is 0.714 bits per heavy atom. The molecule has 28 heavy (non-hydrogen) atoms. The van der Waals surface area contributed by atoms with Crippen molar-refractivity contribution < 1.29 is 0 Å². The van der Waals surface area contributed by atoms with Crippen LogP contribution in [0.25, 0.3) is 0 Å². The van der Waals surface area contributed by atoms with E-state index < -0.39 is 6.95 Å². The Bertz CT molecular complexity index is 266. The van der Waals surface area contributed by atoms with E-state index in [1.165, 1.54) is 116 Å². The van der Waals surface area contributed by atoms with E-state index in [0.29, 0.717) is 0 Å². The summed E-state index contributed by atoms with van der Waals surface area (Å²) in [4.78, 5) is 0. The van der Waals surface area contributed by atoms with Crippen LogP contribution in [0.3, 0.4) is 0 Å². The summed E-state index contributed by atoms with van der Waals surface area (Å²) in [7, 11) is 0. The van der Waals surface area contributed by atoms with Crippen LogP contribution in [-0.2, 0) is 0 Å². The second-order valence-corrected chi connectivity index (χ2v) is 24.2. The third kappa shape index (κ3) is 16.1. The Morgan fingerprint density at radius 3 is 0.964 bits per heavy atom. The summed E-state index contributed by atoms with van der Waals surface area (Å²) in [5, 5.41) is 0. The van der Waals surface area contributed by atoms with Crippen molar-refractivity contribution in [1.29, 1.82) is 0 Å². The van der Waals surface area contributed by atoms with Gasteiger partial charge in [0.25, 0.3) is 0 Å². The molecule has 3 heteroatoms. The molecule has 1 unspecified atom stereocenters. The molecule has 0 saturated carbocycles. The molecule has 0 aliphatic rings. The van der Waals surface area contributed by atoms with Gasteiger partial charge in [-0.15, -0.1) is 0 Å². The maximum absolute atomic E-state index is 4.21. The van der Waals surface area contributed by atoms with E-state index in [9.17, 15) is 0 Å². The van der Waals surface area contributed by atoms with Crippen LogP contribution in [0.15, 0.2) is 0 Å². The zero-order valence-corrected chi connectivity index (χ0v) is 23.7. The standard InChI is InChI=1S/C25H55BrP2/c1-5-8-11-14-17-20-23-28(27(4)26,24-21-18-15-12-9-6-2)25-22-19-16-13-10-7-3/h28H,5-25H2,1-4H3. The normalized spacial score (nSPS) is 13.8. The number of halogens is 1. The van der Waals surface area contributed by atoms with Crippen molar-refractivity contribution in [3.63, 3.8) is 0 Å². The molecular formula is C25H55BrP2. The molecule has 0 fully saturated rings. The summed E-state index contributed by atoms with van der Waals surface area (Å²) >= 11 is 4.21. The van der Waals surface area contributed by atoms with Crippen molar-refractivity contribution >= 4 is 28.8 Å². The first-order valence-corrected chi connectivity index (χ1v) is 20.3. The number of hydrogen-bond donors (Lipinski definition) is 0. The van der Waals surface area contributed by atoms with Gasteiger partial charge in [0, 0.05) is 0 Å². The zero-order chi connectivity index (χ0) is 20.9. The second-order valence-electron chi connectivity index (χ2n) is 9.25. The molecule has 0 bridgehead atoms. The summed E-state index contributed by atoms with van der Waals surface area (Å²) in [6.07, 6.45) is 31.4. The third-order valence-corrected chi connectivity index (χ3v) is 24.5. The molecule has 0 aromatic heterocycles. The van der Waals surface area contributed by atoms with Gasteiger partial charge in [0.05, 0.1) is 0 Å². The van der Waals surface area contributed by atoms with E-state index in [1.54, 1.807) is 18.5 Å². The van der Waals surface area contributed by atoms with Crippen molar-refractivity contribution in [3.05, 3.63) is 0 Å². The van der Waals surface area contributed by atoms with Gasteiger partial charge in [-0.2, -0.15) is 0 Å². The van der Waals surface area contributed by atoms with E-state index in [4.69, 9.17) is 0 Å². The van der Waals surface area contributed by atoms with E-state index in [1.807, 2.05) is 0 Å². The molecule has 172 valence electrons. The monoisotopic (exact) mass is 496 g/mol. The van der Waals surface area contributed by atoms with Gasteiger partial charge in [-0.3, -0.25) is 0 Å². The van der Waals surface area contributed by atoms with Gasteiger partial charge in [0.2, 0.25) is 0 Å². The van der Waals surface area contributed by atoms with Crippen molar-refractivity contribution in [1.82, 2.24) is 0 Å². The van der Waals surface area contributed by atoms with E-state index in [0.717, 1.165) is 0 Å². The Morgan fingerprint density at radius 1 is 0.464 bits per heavy atom. The number of rotatable bonds is 22. The SMILES string of the molecule is CCCCCCCC[PH](CCCCCCCC)(CCCCCCCC)P(C)Br. The number of hydrogen-bond acceptors (Lipinski definition) is 0. The Hall–Kier alpha value is 1.34. The Kier molecular flexibility index (Phi) is 22.6. The predicted octanol–water partition coefficient (Wildman–Crippen LogP) is 11.2. The maximum atomic E-state index is 4.21. The van der Waals surface area contributed by atoms with Gasteiger partial charge >= 0.3 is 190 Å². The first-order chi connectivity index (χ1) is 13.6. The second kappa shape index (κ2) is 21.6. The Balaban J connectivity index is 4.45. The first kappa shape index (κ1) is 29.3. The Labute approximate surface area is 189 Å². The van der Waals surface area contributed by atoms with Gasteiger partial charge in [0.15, 0.2) is 0 Å². The summed E-state index contributed by atoms with van der Waals surface area (Å²) in [5.41, 5.74) is 0. The summed E-state index contributed by atoms with van der Waals surface area (Å²) < 4.78 is 0. The molecule has 0 aromatic rings. The van der Waals surface area contributed by atoms with Crippen molar-refractivity contribution in [2.75, 3.05) is 25.2 Å². The molecule has 0 aliphatic heterocycles. The van der Waals surface area contributed by atoms with Gasteiger partial charge < -0.3 is 0 Å². The molecule has 0 nitrogen and oxygen atoms in total. The van der Waals surface area contributed by atoms with Gasteiger partial charge in [-0.1, -0.05) is 0 Å². The molecule has 0 aromatic carbocycles. The zero-order valence-electron chi connectivity index (χ0n) is 20.2. The van der Waals surface area contributed by atoms with Crippen molar-refractivity contribution in [3.8, 4) is 0 Å². The molecule has 0 aliphatic carbocycles. The fourth-order valence-corrected chi connectivity index (χ4v) is 17.9. The third-order valence-electron chi connectivity index (χ3n) is 6.64. The van der Waals surface area contributed by atoms with Crippen LogP contribution in [0.5, 0.6) is 0 Å². The van der Waals surface area contributed by atoms with Crippen LogP contribution in [-0.4, -0.2) is 25.2 Å². The summed E-state index contributed by atoms with van der Waals surface area (Å²) in [6.45, 7) is 8.46. The molecule has 0 radical (unpaired) electrons. The molecule has 1 atom stereocenters. The fraction of sp³-hybridized carbons (Fsp3) is 1.00. The van der Waals surface area contributed by atoms with E-state index in [-0.39, 0.29) is 6.31 Å². The molecule has 0 heterocycles. The van der Waals surface area contributed by atoms with Gasteiger partial charge in [-0.05, 0) is 0 Å². The minimum absolute atomic E-state index is 0.120. The molecule has 0 N–H and O–H groups in total. The van der Waals surface area contributed by atoms with Crippen LogP contribution in [0.4, 0.5) is 0 Å². The fourth-order valence-electron chi connectivity index (χ4n) is 4.54. The van der Waals surface area contributed by atoms with Crippen LogP contribution < -0.4 is 0 Å². The minimum atomic E-state index is -1.10. The quantitative estimate of drug-likeness (QED) is 0.103. The van der Waals surface area contributed by atoms with Crippen molar-refractivity contribution in [2.24, 2.45) is 0 Å². The molecular weight excluding hydrogens is 442 g/mol. The number of unbranched alkanes of at least 4 members (excludes halogenated alkanes) is 15. The van der Waals surface area contributed by atoms with E-state index in [2.05, 4.69) is 42.9 Å². The van der Waals surface area contributed by atoms with Gasteiger partial charge in [0.1, 0.15) is 0 Å². The summed E-state index contributed by atoms with van der Waals surface area (Å²) in [6, 6.07) is 0. The average Bonchev–Trinajstić information content (AvgIpc) is 2.69. The van der Waals surface area contributed by atoms with Crippen LogP contribution in [0, 0.1) is 0 Å². The van der Waals surface area contributed by atoms with Crippen molar-refractivity contribution in [2.45, 2.75) is 136 Å². The van der Waals surface area contributed by atoms with E-state index >= 15 is 0 Å². The molecule has 0 saturated heterocycles. The first-order valence-electron chi connectivity index (χ1n) is 13.0. The molecule has 0 spiro atoms. The van der Waals surface area contributed by atoms with Crippen LogP contribution >= 0.6 is 28.8 Å². The predicted molar refractivity (Wildman–Crippen MR) is 145 cm³/mol. The average molecular weight is 498 g/mol.